The van der Waals surface area contributed by atoms with Crippen molar-refractivity contribution in [1.29, 1.82) is 5.53 Å². The van der Waals surface area contributed by atoms with Crippen molar-refractivity contribution < 1.29 is 9.18 Å². The Kier molecular flexibility index (Phi) is 6.33. The maximum absolute atomic E-state index is 14.1. The molecule has 0 aliphatic rings. The summed E-state index contributed by atoms with van der Waals surface area (Å²) in [5.41, 5.74) is 15.5. The number of rotatable bonds is 5. The van der Waals surface area contributed by atoms with Crippen LogP contribution in [0.3, 0.4) is 0 Å². The van der Waals surface area contributed by atoms with E-state index in [-0.39, 0.29) is 23.2 Å². The smallest absolute Gasteiger partial charge is 0.221 e. The number of aromatic nitrogens is 1. The number of benzene rings is 2. The zero-order chi connectivity index (χ0) is 21.7. The predicted octanol–water partition coefficient (Wildman–Crippen LogP) is 4.89. The highest BCUT2D eigenvalue weighted by Gasteiger charge is 2.14. The van der Waals surface area contributed by atoms with Gasteiger partial charge in [-0.05, 0) is 42.0 Å². The highest BCUT2D eigenvalue weighted by molar-refractivity contribution is 6.31. The van der Waals surface area contributed by atoms with E-state index in [1.54, 1.807) is 30.5 Å². The summed E-state index contributed by atoms with van der Waals surface area (Å²) in [6, 6.07) is 12.8. The quantitative estimate of drug-likeness (QED) is 0.201. The molecule has 0 saturated carbocycles. The molecule has 0 saturated heterocycles. The second-order valence-electron chi connectivity index (χ2n) is 6.22. The highest BCUT2D eigenvalue weighted by atomic mass is 35.5. The van der Waals surface area contributed by atoms with E-state index in [2.05, 4.69) is 25.9 Å². The first-order chi connectivity index (χ1) is 14.4. The Bertz CT molecular complexity index is 1150. The van der Waals surface area contributed by atoms with E-state index in [0.717, 1.165) is 5.56 Å². The molecule has 8 nitrogen and oxygen atoms in total. The molecule has 0 spiro atoms. The van der Waals surface area contributed by atoms with E-state index < -0.39 is 5.82 Å². The fourth-order valence-corrected chi connectivity index (χ4v) is 2.89. The minimum Gasteiger partial charge on any atom is -0.383 e. The molecular formula is C20H17ClFN7O. The number of hydrogen-bond acceptors (Lipinski definition) is 5. The van der Waals surface area contributed by atoms with Crippen molar-refractivity contribution in [1.82, 2.24) is 4.98 Å². The number of anilines is 3. The Morgan fingerprint density at radius 1 is 1.17 bits per heavy atom. The van der Waals surface area contributed by atoms with Gasteiger partial charge in [0.25, 0.3) is 0 Å². The van der Waals surface area contributed by atoms with E-state index in [1.165, 1.54) is 25.1 Å². The minimum absolute atomic E-state index is 0.0241. The lowest BCUT2D eigenvalue weighted by atomic mass is 10.0. The predicted molar refractivity (Wildman–Crippen MR) is 115 cm³/mol. The first-order valence-corrected chi connectivity index (χ1v) is 9.05. The summed E-state index contributed by atoms with van der Waals surface area (Å²) in [7, 11) is 0. The van der Waals surface area contributed by atoms with Crippen molar-refractivity contribution >= 4 is 40.5 Å². The standard InChI is InChI=1S/C20H17ClFN7O/c1-11(30)26-15-4-2-3-12(7-15)13-8-16(19(23)25-10-13)20(28-29-24)27-18-9-14(21)5-6-17(18)22/h2-10H,1H3,(H2,23,25)(H,26,30)(H2,24,27,28). The van der Waals surface area contributed by atoms with Crippen molar-refractivity contribution in [3.63, 3.8) is 0 Å². The van der Waals surface area contributed by atoms with Crippen LogP contribution in [0.5, 0.6) is 0 Å². The Morgan fingerprint density at radius 3 is 2.70 bits per heavy atom. The summed E-state index contributed by atoms with van der Waals surface area (Å²) >= 11 is 5.94. The first kappa shape index (κ1) is 20.9. The van der Waals surface area contributed by atoms with E-state index in [4.69, 9.17) is 22.9 Å². The van der Waals surface area contributed by atoms with Crippen LogP contribution in [-0.4, -0.2) is 16.7 Å². The summed E-state index contributed by atoms with van der Waals surface area (Å²) in [6.07, 6.45) is 1.56. The van der Waals surface area contributed by atoms with Gasteiger partial charge in [-0.2, -0.15) is 5.53 Å². The second kappa shape index (κ2) is 9.10. The molecule has 3 aromatic rings. The summed E-state index contributed by atoms with van der Waals surface area (Å²) < 4.78 is 14.1. The Hall–Kier alpha value is -3.85. The van der Waals surface area contributed by atoms with Gasteiger partial charge in [0.15, 0.2) is 5.84 Å². The van der Waals surface area contributed by atoms with Gasteiger partial charge < -0.3 is 16.4 Å². The third-order valence-electron chi connectivity index (χ3n) is 4.02. The molecule has 2 aromatic carbocycles. The molecular weight excluding hydrogens is 409 g/mol. The molecule has 1 heterocycles. The average molecular weight is 426 g/mol. The molecule has 1 aromatic heterocycles. The van der Waals surface area contributed by atoms with Gasteiger partial charge in [-0.15, -0.1) is 5.10 Å². The Morgan fingerprint density at radius 2 is 1.97 bits per heavy atom. The molecule has 0 aliphatic carbocycles. The van der Waals surface area contributed by atoms with Gasteiger partial charge in [0.1, 0.15) is 11.6 Å². The number of nitrogens with two attached hydrogens (primary N) is 1. The summed E-state index contributed by atoms with van der Waals surface area (Å²) in [5.74, 6) is -0.629. The summed E-state index contributed by atoms with van der Waals surface area (Å²) in [4.78, 5) is 15.5. The molecule has 1 amide bonds. The highest BCUT2D eigenvalue weighted by Crippen LogP contribution is 2.26. The number of nitrogens with zero attached hydrogens (tertiary/aromatic N) is 3. The number of amidine groups is 1. The molecule has 0 radical (unpaired) electrons. The molecule has 152 valence electrons. The van der Waals surface area contributed by atoms with Crippen molar-refractivity contribution in [3.05, 3.63) is 71.1 Å². The number of carbonyl (C=O) groups excluding carboxylic acids is 1. The molecule has 3 rings (SSSR count). The summed E-state index contributed by atoms with van der Waals surface area (Å²) in [5, 5.41) is 12.6. The van der Waals surface area contributed by atoms with Crippen LogP contribution in [0.15, 0.2) is 65.1 Å². The second-order valence-corrected chi connectivity index (χ2v) is 6.65. The number of nitrogen functional groups attached to an aromatic ring is 1. The van der Waals surface area contributed by atoms with E-state index >= 15 is 0 Å². The van der Waals surface area contributed by atoms with Gasteiger partial charge in [0.2, 0.25) is 5.91 Å². The number of nitrogens with one attached hydrogen (secondary N) is 3. The van der Waals surface area contributed by atoms with Crippen LogP contribution in [0, 0.1) is 11.3 Å². The van der Waals surface area contributed by atoms with Crippen LogP contribution in [0.4, 0.5) is 21.6 Å². The molecule has 10 heteroatoms. The zero-order valence-corrected chi connectivity index (χ0v) is 16.5. The minimum atomic E-state index is -0.567. The van der Waals surface area contributed by atoms with Crippen LogP contribution in [0.2, 0.25) is 5.02 Å². The molecule has 0 fully saturated rings. The molecule has 5 N–H and O–H groups in total. The summed E-state index contributed by atoms with van der Waals surface area (Å²) in [6.45, 7) is 1.42. The monoisotopic (exact) mass is 425 g/mol. The van der Waals surface area contributed by atoms with Gasteiger partial charge in [-0.1, -0.05) is 29.0 Å². The van der Waals surface area contributed by atoms with Gasteiger partial charge in [-0.25, -0.2) is 9.37 Å². The third kappa shape index (κ3) is 4.95. The lowest BCUT2D eigenvalue weighted by Crippen LogP contribution is -2.17. The van der Waals surface area contributed by atoms with Crippen molar-refractivity contribution in [2.24, 2.45) is 10.3 Å². The van der Waals surface area contributed by atoms with Crippen molar-refractivity contribution in [2.75, 3.05) is 16.4 Å². The van der Waals surface area contributed by atoms with E-state index in [1.807, 2.05) is 6.07 Å². The number of hydrogen-bond donors (Lipinski definition) is 4. The largest absolute Gasteiger partial charge is 0.383 e. The fourth-order valence-electron chi connectivity index (χ4n) is 2.72. The SMILES string of the molecule is CC(=O)Nc1cccc(-c2cnc(N)c(/C(=N/N=N)Nc3cc(Cl)ccc3F)c2)c1. The first-order valence-electron chi connectivity index (χ1n) is 8.68. The van der Waals surface area contributed by atoms with Crippen LogP contribution in [0.1, 0.15) is 12.5 Å². The van der Waals surface area contributed by atoms with Crippen molar-refractivity contribution in [2.45, 2.75) is 6.92 Å². The van der Waals surface area contributed by atoms with Gasteiger partial charge in [0, 0.05) is 29.4 Å². The Labute approximate surface area is 176 Å². The van der Waals surface area contributed by atoms with Gasteiger partial charge >= 0.3 is 0 Å². The molecule has 0 unspecified atom stereocenters. The zero-order valence-electron chi connectivity index (χ0n) is 15.8. The lowest BCUT2D eigenvalue weighted by Gasteiger charge is -2.13. The Balaban J connectivity index is 2.02. The number of halogens is 2. The average Bonchev–Trinajstić information content (AvgIpc) is 2.70. The van der Waals surface area contributed by atoms with Crippen LogP contribution in [-0.2, 0) is 4.79 Å². The lowest BCUT2D eigenvalue weighted by molar-refractivity contribution is -0.114. The van der Waals surface area contributed by atoms with Crippen LogP contribution < -0.4 is 16.4 Å². The third-order valence-corrected chi connectivity index (χ3v) is 4.26. The van der Waals surface area contributed by atoms with Crippen LogP contribution in [0.25, 0.3) is 11.1 Å². The fraction of sp³-hybridized carbons (Fsp3) is 0.0500. The van der Waals surface area contributed by atoms with Gasteiger partial charge in [-0.3, -0.25) is 4.79 Å². The number of pyridine rings is 1. The normalized spacial score (nSPS) is 11.1. The molecule has 0 aliphatic heterocycles. The molecule has 30 heavy (non-hydrogen) atoms. The van der Waals surface area contributed by atoms with E-state index in [9.17, 15) is 9.18 Å². The van der Waals surface area contributed by atoms with Gasteiger partial charge in [0.05, 0.1) is 11.3 Å². The van der Waals surface area contributed by atoms with E-state index in [0.29, 0.717) is 21.8 Å². The maximum Gasteiger partial charge on any atom is 0.221 e. The molecule has 0 bridgehead atoms. The van der Waals surface area contributed by atoms with Crippen molar-refractivity contribution in [3.8, 4) is 11.1 Å². The van der Waals surface area contributed by atoms with Crippen LogP contribution >= 0.6 is 11.6 Å². The number of carbonyl (C=O) groups is 1. The maximum atomic E-state index is 14.1. The molecule has 0 atom stereocenters. The number of amides is 1. The topological polar surface area (TPSA) is 129 Å².